The minimum Gasteiger partial charge on any atom is -0.381 e. The van der Waals surface area contributed by atoms with E-state index in [4.69, 9.17) is 16.3 Å². The summed E-state index contributed by atoms with van der Waals surface area (Å²) in [7, 11) is 0. The molecule has 0 bridgehead atoms. The van der Waals surface area contributed by atoms with Crippen LogP contribution in [-0.2, 0) is 16.0 Å². The average molecular weight is 257 g/mol. The fourth-order valence-corrected chi connectivity index (χ4v) is 2.19. The van der Waals surface area contributed by atoms with Crippen molar-refractivity contribution in [3.05, 3.63) is 34.6 Å². The second kappa shape index (κ2) is 5.61. The van der Waals surface area contributed by atoms with Crippen molar-refractivity contribution in [3.63, 3.8) is 0 Å². The van der Waals surface area contributed by atoms with Gasteiger partial charge in [0.05, 0.1) is 6.61 Å². The average Bonchev–Trinajstić information content (AvgIpc) is 2.35. The first-order valence-electron chi connectivity index (χ1n) is 5.71. The zero-order valence-electron chi connectivity index (χ0n) is 9.42. The zero-order valence-corrected chi connectivity index (χ0v) is 10.2. The largest absolute Gasteiger partial charge is 0.381 e. The molecule has 1 aromatic rings. The van der Waals surface area contributed by atoms with Crippen molar-refractivity contribution in [2.75, 3.05) is 13.2 Å². The van der Waals surface area contributed by atoms with Crippen LogP contribution in [0.4, 0.5) is 4.39 Å². The van der Waals surface area contributed by atoms with Gasteiger partial charge in [-0.05, 0) is 36.6 Å². The standard InChI is InChI=1S/C13H14ClFO2/c14-12-4-3-11(15)6-10(12)7-13(16)9-2-1-5-17-8-9/h3-4,6,9H,1-2,5,7-8H2. The smallest absolute Gasteiger partial charge is 0.142 e. The highest BCUT2D eigenvalue weighted by Crippen LogP contribution is 2.21. The summed E-state index contributed by atoms with van der Waals surface area (Å²) in [5.41, 5.74) is 0.558. The lowest BCUT2D eigenvalue weighted by molar-refractivity contribution is -0.126. The Bertz CT molecular complexity index is 414. The summed E-state index contributed by atoms with van der Waals surface area (Å²) in [4.78, 5) is 12.0. The number of ketones is 1. The van der Waals surface area contributed by atoms with Gasteiger partial charge in [-0.15, -0.1) is 0 Å². The second-order valence-electron chi connectivity index (χ2n) is 4.29. The van der Waals surface area contributed by atoms with Crippen LogP contribution in [0.3, 0.4) is 0 Å². The predicted octanol–water partition coefficient (Wildman–Crippen LogP) is 3.02. The number of hydrogen-bond donors (Lipinski definition) is 0. The van der Waals surface area contributed by atoms with E-state index in [1.54, 1.807) is 0 Å². The number of halogens is 2. The van der Waals surface area contributed by atoms with Gasteiger partial charge < -0.3 is 4.74 Å². The molecule has 1 aromatic carbocycles. The lowest BCUT2D eigenvalue weighted by atomic mass is 9.93. The van der Waals surface area contributed by atoms with Gasteiger partial charge >= 0.3 is 0 Å². The first-order valence-corrected chi connectivity index (χ1v) is 6.09. The van der Waals surface area contributed by atoms with E-state index in [-0.39, 0.29) is 23.9 Å². The van der Waals surface area contributed by atoms with Crippen LogP contribution in [-0.4, -0.2) is 19.0 Å². The molecule has 2 rings (SSSR count). The Balaban J connectivity index is 2.04. The van der Waals surface area contributed by atoms with Gasteiger partial charge in [0.15, 0.2) is 0 Å². The quantitative estimate of drug-likeness (QED) is 0.831. The summed E-state index contributed by atoms with van der Waals surface area (Å²) in [5, 5.41) is 0.441. The van der Waals surface area contributed by atoms with Crippen LogP contribution >= 0.6 is 11.6 Å². The topological polar surface area (TPSA) is 26.3 Å². The van der Waals surface area contributed by atoms with E-state index in [2.05, 4.69) is 0 Å². The number of carbonyl (C=O) groups is 1. The summed E-state index contributed by atoms with van der Waals surface area (Å²) in [6.07, 6.45) is 1.95. The van der Waals surface area contributed by atoms with Crippen LogP contribution in [0.5, 0.6) is 0 Å². The molecule has 0 aliphatic carbocycles. The van der Waals surface area contributed by atoms with Gasteiger partial charge in [0, 0.05) is 24.0 Å². The van der Waals surface area contributed by atoms with Gasteiger partial charge in [0.2, 0.25) is 0 Å². The molecule has 1 saturated heterocycles. The number of benzene rings is 1. The van der Waals surface area contributed by atoms with E-state index < -0.39 is 0 Å². The Morgan fingerprint density at radius 3 is 3.06 bits per heavy atom. The summed E-state index contributed by atoms with van der Waals surface area (Å²) >= 11 is 5.93. The Morgan fingerprint density at radius 1 is 1.53 bits per heavy atom. The van der Waals surface area contributed by atoms with E-state index >= 15 is 0 Å². The molecule has 17 heavy (non-hydrogen) atoms. The first kappa shape index (κ1) is 12.5. The molecule has 2 nitrogen and oxygen atoms in total. The third kappa shape index (κ3) is 3.27. The lowest BCUT2D eigenvalue weighted by Gasteiger charge is -2.20. The van der Waals surface area contributed by atoms with Crippen molar-refractivity contribution in [3.8, 4) is 0 Å². The fourth-order valence-electron chi connectivity index (χ4n) is 2.01. The molecular weight excluding hydrogens is 243 g/mol. The number of Topliss-reactive ketones (excluding diaryl/α,β-unsaturated/α-hetero) is 1. The van der Waals surface area contributed by atoms with Crippen molar-refractivity contribution < 1.29 is 13.9 Å². The molecule has 0 amide bonds. The Hall–Kier alpha value is -0.930. The SMILES string of the molecule is O=C(Cc1cc(F)ccc1Cl)C1CCCOC1. The molecule has 1 heterocycles. The summed E-state index contributed by atoms with van der Waals surface area (Å²) in [6, 6.07) is 4.10. The van der Waals surface area contributed by atoms with E-state index in [9.17, 15) is 9.18 Å². The Kier molecular flexibility index (Phi) is 4.13. The highest BCUT2D eigenvalue weighted by molar-refractivity contribution is 6.31. The van der Waals surface area contributed by atoms with E-state index in [0.29, 0.717) is 17.2 Å². The summed E-state index contributed by atoms with van der Waals surface area (Å²) in [5.74, 6) is -0.350. The van der Waals surface area contributed by atoms with Gasteiger partial charge in [-0.25, -0.2) is 4.39 Å². The molecular formula is C13H14ClFO2. The van der Waals surface area contributed by atoms with Crippen LogP contribution in [0.15, 0.2) is 18.2 Å². The summed E-state index contributed by atoms with van der Waals surface area (Å²) < 4.78 is 18.3. The molecule has 0 radical (unpaired) electrons. The molecule has 1 aliphatic heterocycles. The highest BCUT2D eigenvalue weighted by Gasteiger charge is 2.22. The van der Waals surface area contributed by atoms with Crippen molar-refractivity contribution in [2.24, 2.45) is 5.92 Å². The van der Waals surface area contributed by atoms with E-state index in [1.807, 2.05) is 0 Å². The number of rotatable bonds is 3. The lowest BCUT2D eigenvalue weighted by Crippen LogP contribution is -2.26. The van der Waals surface area contributed by atoms with Crippen LogP contribution in [0.25, 0.3) is 0 Å². The molecule has 1 unspecified atom stereocenters. The number of hydrogen-bond acceptors (Lipinski definition) is 2. The minimum atomic E-state index is -0.364. The maximum Gasteiger partial charge on any atom is 0.142 e. The molecule has 1 fully saturated rings. The maximum atomic E-state index is 13.0. The monoisotopic (exact) mass is 256 g/mol. The number of carbonyl (C=O) groups excluding carboxylic acids is 1. The highest BCUT2D eigenvalue weighted by atomic mass is 35.5. The van der Waals surface area contributed by atoms with Crippen LogP contribution in [0.1, 0.15) is 18.4 Å². The van der Waals surface area contributed by atoms with Crippen LogP contribution in [0.2, 0.25) is 5.02 Å². The molecule has 0 N–H and O–H groups in total. The van der Waals surface area contributed by atoms with Gasteiger partial charge in [0.25, 0.3) is 0 Å². The van der Waals surface area contributed by atoms with Crippen LogP contribution in [0, 0.1) is 11.7 Å². The van der Waals surface area contributed by atoms with Gasteiger partial charge in [0.1, 0.15) is 11.6 Å². The van der Waals surface area contributed by atoms with Crippen LogP contribution < -0.4 is 0 Å². The molecule has 0 spiro atoms. The van der Waals surface area contributed by atoms with E-state index in [1.165, 1.54) is 18.2 Å². The molecule has 1 aliphatic rings. The zero-order chi connectivity index (χ0) is 12.3. The fraction of sp³-hybridized carbons (Fsp3) is 0.462. The van der Waals surface area contributed by atoms with Crippen molar-refractivity contribution >= 4 is 17.4 Å². The van der Waals surface area contributed by atoms with Crippen molar-refractivity contribution in [1.82, 2.24) is 0 Å². The third-order valence-electron chi connectivity index (χ3n) is 2.99. The van der Waals surface area contributed by atoms with Crippen molar-refractivity contribution in [1.29, 1.82) is 0 Å². The normalized spacial score (nSPS) is 20.2. The first-order chi connectivity index (χ1) is 8.16. The Morgan fingerprint density at radius 2 is 2.35 bits per heavy atom. The molecule has 92 valence electrons. The van der Waals surface area contributed by atoms with Gasteiger partial charge in [-0.3, -0.25) is 4.79 Å². The Labute approximate surface area is 105 Å². The predicted molar refractivity (Wildman–Crippen MR) is 63.7 cm³/mol. The summed E-state index contributed by atoms with van der Waals surface area (Å²) in [6.45, 7) is 1.20. The molecule has 4 heteroatoms. The van der Waals surface area contributed by atoms with Gasteiger partial charge in [-0.1, -0.05) is 11.6 Å². The van der Waals surface area contributed by atoms with Crippen molar-refractivity contribution in [2.45, 2.75) is 19.3 Å². The maximum absolute atomic E-state index is 13.0. The second-order valence-corrected chi connectivity index (χ2v) is 4.70. The molecule has 0 aromatic heterocycles. The number of ether oxygens (including phenoxy) is 1. The minimum absolute atomic E-state index is 0.0666. The molecule has 0 saturated carbocycles. The van der Waals surface area contributed by atoms with Gasteiger partial charge in [-0.2, -0.15) is 0 Å². The molecule has 1 atom stereocenters. The van der Waals surface area contributed by atoms with E-state index in [0.717, 1.165) is 19.4 Å². The third-order valence-corrected chi connectivity index (χ3v) is 3.36.